The first-order valence-corrected chi connectivity index (χ1v) is 9.73. The molecular formula is C17H23N7O2S. The van der Waals surface area contributed by atoms with Crippen molar-refractivity contribution in [3.63, 3.8) is 0 Å². The molecule has 27 heavy (non-hydrogen) atoms. The predicted octanol–water partition coefficient (Wildman–Crippen LogP) is 2.46. The van der Waals surface area contributed by atoms with E-state index in [4.69, 9.17) is 10.6 Å². The van der Waals surface area contributed by atoms with Gasteiger partial charge in [-0.3, -0.25) is 4.79 Å². The zero-order valence-electron chi connectivity index (χ0n) is 15.1. The normalized spacial score (nSPS) is 13.9. The molecule has 1 saturated carbocycles. The number of carbonyl (C=O) groups is 1. The average Bonchev–Trinajstić information content (AvgIpc) is 3.05. The standard InChI is InChI=1S/C17H23N7O2S/c1-26-14-10-6-5-9-13(14)19-15(25)11-27-17-23-22-16(24(17)18)21-20-12-7-3-2-4-8-12/h5-6,9-10H,2-4,7-8,11,18H2,1H3,(H,19,25)(H,21,22). The van der Waals surface area contributed by atoms with E-state index in [0.717, 1.165) is 31.4 Å². The van der Waals surface area contributed by atoms with Crippen molar-refractivity contribution in [2.75, 3.05) is 29.4 Å². The van der Waals surface area contributed by atoms with Crippen molar-refractivity contribution in [1.82, 2.24) is 14.9 Å². The third kappa shape index (κ3) is 5.13. The summed E-state index contributed by atoms with van der Waals surface area (Å²) in [6, 6.07) is 7.23. The summed E-state index contributed by atoms with van der Waals surface area (Å²) in [4.78, 5) is 12.2. The van der Waals surface area contributed by atoms with Crippen LogP contribution in [0.15, 0.2) is 34.5 Å². The van der Waals surface area contributed by atoms with Gasteiger partial charge in [0.05, 0.1) is 18.6 Å². The summed E-state index contributed by atoms with van der Waals surface area (Å²) in [7, 11) is 1.56. The lowest BCUT2D eigenvalue weighted by atomic mass is 9.99. The van der Waals surface area contributed by atoms with Crippen LogP contribution in [0, 0.1) is 0 Å². The van der Waals surface area contributed by atoms with Crippen LogP contribution in [0.5, 0.6) is 5.75 Å². The van der Waals surface area contributed by atoms with Crippen LogP contribution in [0.2, 0.25) is 0 Å². The first kappa shape index (κ1) is 19.0. The Morgan fingerprint density at radius 1 is 1.30 bits per heavy atom. The molecule has 0 radical (unpaired) electrons. The fraction of sp³-hybridized carbons (Fsp3) is 0.412. The number of nitrogens with one attached hydrogen (secondary N) is 2. The van der Waals surface area contributed by atoms with Crippen LogP contribution < -0.4 is 21.3 Å². The molecule has 1 aliphatic carbocycles. The molecule has 9 nitrogen and oxygen atoms in total. The van der Waals surface area contributed by atoms with Crippen molar-refractivity contribution in [3.8, 4) is 5.75 Å². The number of nitrogens with two attached hydrogens (primary N) is 1. The van der Waals surface area contributed by atoms with Gasteiger partial charge in [0.25, 0.3) is 5.95 Å². The van der Waals surface area contributed by atoms with Crippen molar-refractivity contribution in [2.45, 2.75) is 37.3 Å². The molecule has 1 amide bonds. The van der Waals surface area contributed by atoms with Crippen LogP contribution in [0.4, 0.5) is 11.6 Å². The molecule has 0 aliphatic heterocycles. The molecule has 10 heteroatoms. The number of hydrogen-bond donors (Lipinski definition) is 3. The summed E-state index contributed by atoms with van der Waals surface area (Å²) >= 11 is 1.19. The number of nitrogen functional groups attached to an aromatic ring is 1. The molecule has 0 spiro atoms. The first-order valence-electron chi connectivity index (χ1n) is 8.75. The average molecular weight is 389 g/mol. The number of methoxy groups -OCH3 is 1. The number of thioether (sulfide) groups is 1. The highest BCUT2D eigenvalue weighted by atomic mass is 32.2. The smallest absolute Gasteiger partial charge is 0.264 e. The maximum Gasteiger partial charge on any atom is 0.264 e. The SMILES string of the molecule is COc1ccccc1NC(=O)CSc1nnc(NN=C2CCCCC2)n1N. The zero-order chi connectivity index (χ0) is 19.1. The highest BCUT2D eigenvalue weighted by Gasteiger charge is 2.14. The second-order valence-corrected chi connectivity index (χ2v) is 7.01. The minimum absolute atomic E-state index is 0.141. The van der Waals surface area contributed by atoms with Gasteiger partial charge in [0.1, 0.15) is 5.75 Å². The molecule has 0 unspecified atom stereocenters. The number of aromatic nitrogens is 3. The number of hydrogen-bond acceptors (Lipinski definition) is 8. The number of nitrogens with zero attached hydrogens (tertiary/aromatic N) is 4. The van der Waals surface area contributed by atoms with Gasteiger partial charge in [0.15, 0.2) is 0 Å². The molecule has 1 heterocycles. The van der Waals surface area contributed by atoms with Gasteiger partial charge >= 0.3 is 0 Å². The molecule has 0 saturated heterocycles. The Morgan fingerprint density at radius 2 is 2.07 bits per heavy atom. The number of anilines is 2. The maximum absolute atomic E-state index is 12.2. The number of hydrazone groups is 1. The van der Waals surface area contributed by atoms with Gasteiger partial charge in [-0.05, 0) is 37.8 Å². The highest BCUT2D eigenvalue weighted by molar-refractivity contribution is 7.99. The van der Waals surface area contributed by atoms with Crippen LogP contribution >= 0.6 is 11.8 Å². The fourth-order valence-electron chi connectivity index (χ4n) is 2.72. The Bertz CT molecular complexity index is 813. The number of amides is 1. The highest BCUT2D eigenvalue weighted by Crippen LogP contribution is 2.24. The Morgan fingerprint density at radius 3 is 2.85 bits per heavy atom. The third-order valence-electron chi connectivity index (χ3n) is 4.12. The summed E-state index contributed by atoms with van der Waals surface area (Å²) in [6.07, 6.45) is 5.58. The molecule has 4 N–H and O–H groups in total. The quantitative estimate of drug-likeness (QED) is 0.378. The van der Waals surface area contributed by atoms with E-state index in [9.17, 15) is 4.79 Å². The van der Waals surface area contributed by atoms with Gasteiger partial charge in [-0.2, -0.15) is 5.10 Å². The zero-order valence-corrected chi connectivity index (χ0v) is 16.0. The lowest BCUT2D eigenvalue weighted by Crippen LogP contribution is -2.17. The summed E-state index contributed by atoms with van der Waals surface area (Å²) in [5, 5.41) is 15.6. The lowest BCUT2D eigenvalue weighted by Gasteiger charge is -2.12. The van der Waals surface area contributed by atoms with E-state index >= 15 is 0 Å². The van der Waals surface area contributed by atoms with E-state index in [1.807, 2.05) is 12.1 Å². The Balaban J connectivity index is 1.53. The molecule has 3 rings (SSSR count). The Hall–Kier alpha value is -2.75. The summed E-state index contributed by atoms with van der Waals surface area (Å²) in [5.41, 5.74) is 4.60. The molecule has 2 aromatic rings. The number of ether oxygens (including phenoxy) is 1. The maximum atomic E-state index is 12.2. The second kappa shape index (κ2) is 9.26. The van der Waals surface area contributed by atoms with Crippen molar-refractivity contribution >= 4 is 35.0 Å². The van der Waals surface area contributed by atoms with Crippen molar-refractivity contribution in [3.05, 3.63) is 24.3 Å². The molecule has 144 valence electrons. The molecule has 1 aliphatic rings. The number of rotatable bonds is 7. The first-order chi connectivity index (χ1) is 13.2. The van der Waals surface area contributed by atoms with Crippen molar-refractivity contribution < 1.29 is 9.53 Å². The van der Waals surface area contributed by atoms with Crippen LogP contribution in [0.3, 0.4) is 0 Å². The summed E-state index contributed by atoms with van der Waals surface area (Å²) in [5.74, 6) is 6.89. The van der Waals surface area contributed by atoms with Crippen molar-refractivity contribution in [2.24, 2.45) is 5.10 Å². The number of benzene rings is 1. The molecule has 0 atom stereocenters. The summed E-state index contributed by atoms with van der Waals surface area (Å²) in [6.45, 7) is 0. The molecular weight excluding hydrogens is 366 g/mol. The lowest BCUT2D eigenvalue weighted by molar-refractivity contribution is -0.113. The van der Waals surface area contributed by atoms with Gasteiger partial charge in [-0.1, -0.05) is 30.3 Å². The third-order valence-corrected chi connectivity index (χ3v) is 5.07. The van der Waals surface area contributed by atoms with E-state index in [2.05, 4.69) is 26.0 Å². The van der Waals surface area contributed by atoms with E-state index in [1.54, 1.807) is 19.2 Å². The van der Waals surface area contributed by atoms with Crippen LogP contribution in [-0.2, 0) is 4.79 Å². The van der Waals surface area contributed by atoms with E-state index in [-0.39, 0.29) is 11.7 Å². The molecule has 0 bridgehead atoms. The van der Waals surface area contributed by atoms with Gasteiger partial charge < -0.3 is 15.9 Å². The van der Waals surface area contributed by atoms with E-state index in [1.165, 1.54) is 22.9 Å². The molecule has 1 aromatic carbocycles. The minimum atomic E-state index is -0.190. The monoisotopic (exact) mass is 389 g/mol. The Labute approximate surface area is 161 Å². The number of para-hydroxylation sites is 2. The predicted molar refractivity (Wildman–Crippen MR) is 107 cm³/mol. The van der Waals surface area contributed by atoms with E-state index < -0.39 is 0 Å². The minimum Gasteiger partial charge on any atom is -0.495 e. The fourth-order valence-corrected chi connectivity index (χ4v) is 3.37. The van der Waals surface area contributed by atoms with Crippen LogP contribution in [0.1, 0.15) is 32.1 Å². The Kier molecular flexibility index (Phi) is 6.53. The van der Waals surface area contributed by atoms with Crippen molar-refractivity contribution in [1.29, 1.82) is 0 Å². The van der Waals surface area contributed by atoms with Gasteiger partial charge in [-0.25, -0.2) is 10.1 Å². The second-order valence-electron chi connectivity index (χ2n) is 6.06. The molecule has 1 fully saturated rings. The topological polar surface area (TPSA) is 119 Å². The number of carbonyl (C=O) groups excluding carboxylic acids is 1. The van der Waals surface area contributed by atoms with Gasteiger partial charge in [0.2, 0.25) is 11.1 Å². The van der Waals surface area contributed by atoms with E-state index in [0.29, 0.717) is 22.5 Å². The summed E-state index contributed by atoms with van der Waals surface area (Å²) < 4.78 is 6.52. The van der Waals surface area contributed by atoms with Gasteiger partial charge in [-0.15, -0.1) is 10.2 Å². The molecule has 1 aromatic heterocycles. The van der Waals surface area contributed by atoms with Crippen LogP contribution in [0.25, 0.3) is 0 Å². The van der Waals surface area contributed by atoms with Gasteiger partial charge in [0, 0.05) is 5.71 Å². The largest absolute Gasteiger partial charge is 0.495 e. The van der Waals surface area contributed by atoms with Crippen LogP contribution in [-0.4, -0.2) is 39.4 Å².